The first-order chi connectivity index (χ1) is 8.07. The van der Waals surface area contributed by atoms with Crippen LogP contribution in [0.5, 0.6) is 0 Å². The summed E-state index contributed by atoms with van der Waals surface area (Å²) in [7, 11) is -1.66. The second-order valence-electron chi connectivity index (χ2n) is 4.78. The lowest BCUT2D eigenvalue weighted by molar-refractivity contribution is 0.216. The molecule has 0 aromatic heterocycles. The van der Waals surface area contributed by atoms with E-state index in [2.05, 4.69) is 4.72 Å². The van der Waals surface area contributed by atoms with Crippen LogP contribution in [0.3, 0.4) is 0 Å². The van der Waals surface area contributed by atoms with Crippen molar-refractivity contribution in [3.05, 3.63) is 0 Å². The summed E-state index contributed by atoms with van der Waals surface area (Å²) in [6, 6.07) is 0. The van der Waals surface area contributed by atoms with Crippen molar-refractivity contribution in [2.24, 2.45) is 17.6 Å². The van der Waals surface area contributed by atoms with E-state index in [9.17, 15) is 8.42 Å². The molecule has 3 N–H and O–H groups in total. The normalized spacial score (nSPS) is 26.0. The number of ether oxygens (including phenoxy) is 1. The molecule has 5 nitrogen and oxygen atoms in total. The molecule has 0 bridgehead atoms. The number of rotatable bonds is 7. The second-order valence-corrected chi connectivity index (χ2v) is 6.71. The van der Waals surface area contributed by atoms with Crippen LogP contribution < -0.4 is 10.5 Å². The molecule has 1 fully saturated rings. The molecule has 0 amide bonds. The Kier molecular flexibility index (Phi) is 6.40. The maximum absolute atomic E-state index is 11.5. The Morgan fingerprint density at radius 3 is 2.35 bits per heavy atom. The van der Waals surface area contributed by atoms with Crippen LogP contribution in [0.2, 0.25) is 0 Å². The minimum atomic E-state index is -3.16. The highest BCUT2D eigenvalue weighted by Crippen LogP contribution is 2.27. The third-order valence-electron chi connectivity index (χ3n) is 3.45. The first-order valence-electron chi connectivity index (χ1n) is 6.23. The van der Waals surface area contributed by atoms with Gasteiger partial charge in [-0.3, -0.25) is 0 Å². The zero-order valence-corrected chi connectivity index (χ0v) is 11.3. The minimum Gasteiger partial charge on any atom is -0.384 e. The molecular weight excluding hydrogens is 240 g/mol. The van der Waals surface area contributed by atoms with Crippen LogP contribution in [-0.2, 0) is 14.8 Å². The van der Waals surface area contributed by atoms with Crippen molar-refractivity contribution in [2.45, 2.75) is 25.7 Å². The molecule has 17 heavy (non-hydrogen) atoms. The molecule has 0 aromatic rings. The number of sulfonamides is 1. The maximum atomic E-state index is 11.5. The zero-order chi connectivity index (χ0) is 12.7. The predicted molar refractivity (Wildman–Crippen MR) is 68.2 cm³/mol. The lowest BCUT2D eigenvalue weighted by atomic mass is 9.82. The van der Waals surface area contributed by atoms with Crippen LogP contribution in [0.25, 0.3) is 0 Å². The molecule has 1 saturated carbocycles. The fourth-order valence-electron chi connectivity index (χ4n) is 2.18. The van der Waals surface area contributed by atoms with Gasteiger partial charge in [-0.2, -0.15) is 0 Å². The van der Waals surface area contributed by atoms with Gasteiger partial charge in [-0.25, -0.2) is 13.1 Å². The van der Waals surface area contributed by atoms with Gasteiger partial charge >= 0.3 is 0 Å². The van der Waals surface area contributed by atoms with Crippen LogP contribution in [0.15, 0.2) is 0 Å². The van der Waals surface area contributed by atoms with Crippen LogP contribution in [0.4, 0.5) is 0 Å². The first kappa shape index (κ1) is 14.9. The van der Waals surface area contributed by atoms with Crippen molar-refractivity contribution in [2.75, 3.05) is 32.6 Å². The molecule has 0 unspecified atom stereocenters. The summed E-state index contributed by atoms with van der Waals surface area (Å²) < 4.78 is 30.5. The van der Waals surface area contributed by atoms with Gasteiger partial charge in [0.25, 0.3) is 0 Å². The van der Waals surface area contributed by atoms with E-state index in [1.165, 1.54) is 7.11 Å². The average molecular weight is 264 g/mol. The predicted octanol–water partition coefficient (Wildman–Crippen LogP) is 0.317. The third kappa shape index (κ3) is 5.81. The van der Waals surface area contributed by atoms with Crippen molar-refractivity contribution >= 4 is 10.0 Å². The van der Waals surface area contributed by atoms with Crippen LogP contribution >= 0.6 is 0 Å². The molecule has 1 aliphatic rings. The summed E-state index contributed by atoms with van der Waals surface area (Å²) >= 11 is 0. The van der Waals surface area contributed by atoms with E-state index in [4.69, 9.17) is 10.5 Å². The molecule has 0 aromatic carbocycles. The molecule has 1 aliphatic carbocycles. The van der Waals surface area contributed by atoms with Gasteiger partial charge in [-0.05, 0) is 44.1 Å². The number of hydrogen-bond acceptors (Lipinski definition) is 4. The van der Waals surface area contributed by atoms with E-state index in [0.29, 0.717) is 18.4 Å². The second kappa shape index (κ2) is 7.31. The maximum Gasteiger partial charge on any atom is 0.213 e. The molecular formula is C11H24N2O3S. The van der Waals surface area contributed by atoms with Gasteiger partial charge in [0.1, 0.15) is 0 Å². The summed E-state index contributed by atoms with van der Waals surface area (Å²) in [5, 5.41) is 0. The van der Waals surface area contributed by atoms with Gasteiger partial charge < -0.3 is 10.5 Å². The standard InChI is InChI=1S/C11H24N2O3S/c1-16-6-7-17(14,15)13-9-11-4-2-10(8-12)3-5-11/h10-11,13H,2-9,12H2,1H3. The van der Waals surface area contributed by atoms with Crippen molar-refractivity contribution in [3.63, 3.8) is 0 Å². The van der Waals surface area contributed by atoms with E-state index in [1.807, 2.05) is 0 Å². The fourth-order valence-corrected chi connectivity index (χ4v) is 3.20. The van der Waals surface area contributed by atoms with Crippen molar-refractivity contribution in [3.8, 4) is 0 Å². The van der Waals surface area contributed by atoms with Gasteiger partial charge in [0, 0.05) is 13.7 Å². The van der Waals surface area contributed by atoms with Crippen molar-refractivity contribution < 1.29 is 13.2 Å². The summed E-state index contributed by atoms with van der Waals surface area (Å²) in [5.41, 5.74) is 5.62. The van der Waals surface area contributed by atoms with Crippen LogP contribution in [-0.4, -0.2) is 41.0 Å². The Bertz CT molecular complexity index is 298. The Labute approximate surface area is 104 Å². The Morgan fingerprint density at radius 2 is 1.82 bits per heavy atom. The topological polar surface area (TPSA) is 81.4 Å². The molecule has 0 spiro atoms. The SMILES string of the molecule is COCCS(=O)(=O)NCC1CCC(CN)CC1. The summed E-state index contributed by atoms with van der Waals surface area (Å²) in [4.78, 5) is 0. The Balaban J connectivity index is 2.23. The van der Waals surface area contributed by atoms with E-state index < -0.39 is 10.0 Å². The van der Waals surface area contributed by atoms with Gasteiger partial charge in [0.2, 0.25) is 10.0 Å². The summed E-state index contributed by atoms with van der Waals surface area (Å²) in [5.74, 6) is 1.15. The molecule has 102 valence electrons. The Morgan fingerprint density at radius 1 is 1.24 bits per heavy atom. The van der Waals surface area contributed by atoms with E-state index >= 15 is 0 Å². The molecule has 6 heteroatoms. The van der Waals surface area contributed by atoms with Crippen molar-refractivity contribution in [1.29, 1.82) is 0 Å². The molecule has 0 saturated heterocycles. The van der Waals surface area contributed by atoms with Crippen molar-refractivity contribution in [1.82, 2.24) is 4.72 Å². The smallest absolute Gasteiger partial charge is 0.213 e. The zero-order valence-electron chi connectivity index (χ0n) is 10.5. The number of hydrogen-bond donors (Lipinski definition) is 2. The monoisotopic (exact) mass is 264 g/mol. The summed E-state index contributed by atoms with van der Waals surface area (Å²) in [6.45, 7) is 1.56. The highest BCUT2D eigenvalue weighted by molar-refractivity contribution is 7.89. The highest BCUT2D eigenvalue weighted by Gasteiger charge is 2.21. The molecule has 0 atom stereocenters. The number of nitrogens with two attached hydrogens (primary N) is 1. The fraction of sp³-hybridized carbons (Fsp3) is 1.00. The van der Waals surface area contributed by atoms with Gasteiger partial charge in [-0.15, -0.1) is 0 Å². The Hall–Kier alpha value is -0.170. The minimum absolute atomic E-state index is 0.0433. The van der Waals surface area contributed by atoms with E-state index in [1.54, 1.807) is 0 Å². The number of methoxy groups -OCH3 is 1. The van der Waals surface area contributed by atoms with Crippen LogP contribution in [0.1, 0.15) is 25.7 Å². The summed E-state index contributed by atoms with van der Waals surface area (Å²) in [6.07, 6.45) is 4.41. The average Bonchev–Trinajstić information content (AvgIpc) is 2.35. The lowest BCUT2D eigenvalue weighted by Gasteiger charge is -2.27. The largest absolute Gasteiger partial charge is 0.384 e. The molecule has 0 aliphatic heterocycles. The molecule has 1 rings (SSSR count). The van der Waals surface area contributed by atoms with E-state index in [0.717, 1.165) is 32.2 Å². The van der Waals surface area contributed by atoms with E-state index in [-0.39, 0.29) is 12.4 Å². The molecule has 0 heterocycles. The third-order valence-corrected chi connectivity index (χ3v) is 4.76. The highest BCUT2D eigenvalue weighted by atomic mass is 32.2. The lowest BCUT2D eigenvalue weighted by Crippen LogP contribution is -2.34. The van der Waals surface area contributed by atoms with Gasteiger partial charge in [0.05, 0.1) is 12.4 Å². The van der Waals surface area contributed by atoms with Gasteiger partial charge in [0.15, 0.2) is 0 Å². The quantitative estimate of drug-likeness (QED) is 0.694. The van der Waals surface area contributed by atoms with Gasteiger partial charge in [-0.1, -0.05) is 0 Å². The number of nitrogens with one attached hydrogen (secondary N) is 1. The van der Waals surface area contributed by atoms with Crippen LogP contribution in [0, 0.1) is 11.8 Å². The molecule has 0 radical (unpaired) electrons. The first-order valence-corrected chi connectivity index (χ1v) is 7.89.